The summed E-state index contributed by atoms with van der Waals surface area (Å²) in [5, 5.41) is 16.7. The van der Waals surface area contributed by atoms with Gasteiger partial charge in [0.1, 0.15) is 5.83 Å². The summed E-state index contributed by atoms with van der Waals surface area (Å²) in [6.45, 7) is 3.10. The van der Waals surface area contributed by atoms with E-state index in [1.807, 2.05) is 0 Å². The van der Waals surface area contributed by atoms with Crippen molar-refractivity contribution in [2.45, 2.75) is 0 Å². The fourth-order valence-corrected chi connectivity index (χ4v) is 0.360. The molecule has 0 aromatic carbocycles. The lowest BCUT2D eigenvalue weighted by molar-refractivity contribution is 0.420. The van der Waals surface area contributed by atoms with Crippen molar-refractivity contribution in [3.05, 3.63) is 36.4 Å². The molecular formula is C6H7BF2O2. The van der Waals surface area contributed by atoms with Gasteiger partial charge in [-0.3, -0.25) is 0 Å². The van der Waals surface area contributed by atoms with Crippen molar-refractivity contribution < 1.29 is 18.8 Å². The van der Waals surface area contributed by atoms with Gasteiger partial charge >= 0.3 is 7.12 Å². The Morgan fingerprint density at radius 3 is 2.36 bits per heavy atom. The van der Waals surface area contributed by atoms with Crippen LogP contribution in [0.4, 0.5) is 8.78 Å². The molecule has 60 valence electrons. The van der Waals surface area contributed by atoms with Crippen LogP contribution in [0.1, 0.15) is 0 Å². The van der Waals surface area contributed by atoms with Gasteiger partial charge in [0.15, 0.2) is 0 Å². The van der Waals surface area contributed by atoms with Gasteiger partial charge in [-0.2, -0.15) is 0 Å². The molecule has 0 aromatic heterocycles. The number of allylic oxidation sites excluding steroid dienone is 4. The summed E-state index contributed by atoms with van der Waals surface area (Å²) in [7, 11) is -1.81. The third-order valence-electron chi connectivity index (χ3n) is 0.877. The van der Waals surface area contributed by atoms with Gasteiger partial charge < -0.3 is 10.0 Å². The molecule has 0 saturated heterocycles. The summed E-state index contributed by atoms with van der Waals surface area (Å²) in [5.74, 6) is -0.925. The fraction of sp³-hybridized carbons (Fsp3) is 0. The van der Waals surface area contributed by atoms with Crippen LogP contribution in [0.15, 0.2) is 36.4 Å². The summed E-state index contributed by atoms with van der Waals surface area (Å²) in [6, 6.07) is 0. The van der Waals surface area contributed by atoms with Crippen LogP contribution < -0.4 is 0 Å². The molecule has 0 bridgehead atoms. The lowest BCUT2D eigenvalue weighted by Crippen LogP contribution is -2.12. The van der Waals surface area contributed by atoms with E-state index < -0.39 is 12.9 Å². The maximum atomic E-state index is 12.3. The maximum Gasteiger partial charge on any atom is 0.487 e. The van der Waals surface area contributed by atoms with Gasteiger partial charge in [0, 0.05) is 6.08 Å². The fourth-order valence-electron chi connectivity index (χ4n) is 0.360. The van der Waals surface area contributed by atoms with E-state index in [2.05, 4.69) is 6.58 Å². The Labute approximate surface area is 63.3 Å². The summed E-state index contributed by atoms with van der Waals surface area (Å²) in [4.78, 5) is 0. The minimum absolute atomic E-state index is 0.00285. The molecule has 0 atom stereocenters. The zero-order valence-corrected chi connectivity index (χ0v) is 5.67. The Kier molecular flexibility index (Phi) is 4.41. The lowest BCUT2D eigenvalue weighted by atomic mass is 9.80. The second-order valence-corrected chi connectivity index (χ2v) is 1.77. The average Bonchev–Trinajstić information content (AvgIpc) is 1.87. The Hall–Kier alpha value is -0.935. The molecule has 0 aromatic rings. The SMILES string of the molecule is C=C(/C=C(F)\C=C\F)B(O)O. The van der Waals surface area contributed by atoms with Crippen LogP contribution in [0.2, 0.25) is 0 Å². The first kappa shape index (κ1) is 10.1. The molecule has 0 aliphatic rings. The van der Waals surface area contributed by atoms with Crippen LogP contribution in [0, 0.1) is 0 Å². The second-order valence-electron chi connectivity index (χ2n) is 1.77. The highest BCUT2D eigenvalue weighted by atomic mass is 19.1. The molecule has 0 radical (unpaired) electrons. The van der Waals surface area contributed by atoms with Crippen LogP contribution in [-0.2, 0) is 0 Å². The van der Waals surface area contributed by atoms with E-state index >= 15 is 0 Å². The average molecular weight is 160 g/mol. The quantitative estimate of drug-likeness (QED) is 0.475. The highest BCUT2D eigenvalue weighted by Crippen LogP contribution is 2.04. The number of rotatable bonds is 3. The largest absolute Gasteiger partial charge is 0.487 e. The van der Waals surface area contributed by atoms with E-state index in [9.17, 15) is 8.78 Å². The Bertz CT molecular complexity index is 199. The highest BCUT2D eigenvalue weighted by Gasteiger charge is 2.09. The summed E-state index contributed by atoms with van der Waals surface area (Å²) >= 11 is 0. The van der Waals surface area contributed by atoms with Crippen molar-refractivity contribution in [1.82, 2.24) is 0 Å². The second kappa shape index (κ2) is 4.82. The van der Waals surface area contributed by atoms with E-state index in [1.54, 1.807) is 0 Å². The molecule has 2 N–H and O–H groups in total. The van der Waals surface area contributed by atoms with E-state index in [1.165, 1.54) is 0 Å². The van der Waals surface area contributed by atoms with E-state index in [-0.39, 0.29) is 11.8 Å². The van der Waals surface area contributed by atoms with Gasteiger partial charge in [-0.05, 0) is 11.5 Å². The smallest absolute Gasteiger partial charge is 0.423 e. The molecule has 0 aliphatic carbocycles. The molecule has 0 amide bonds. The normalized spacial score (nSPS) is 12.2. The van der Waals surface area contributed by atoms with Gasteiger partial charge in [-0.1, -0.05) is 6.58 Å². The van der Waals surface area contributed by atoms with Crippen molar-refractivity contribution >= 4 is 7.12 Å². The Morgan fingerprint density at radius 1 is 1.45 bits per heavy atom. The van der Waals surface area contributed by atoms with Crippen LogP contribution in [0.25, 0.3) is 0 Å². The van der Waals surface area contributed by atoms with Crippen LogP contribution in [-0.4, -0.2) is 17.2 Å². The molecule has 5 heteroatoms. The monoisotopic (exact) mass is 160 g/mol. The molecule has 0 fully saturated rings. The molecule has 0 unspecified atom stereocenters. The van der Waals surface area contributed by atoms with Gasteiger partial charge in [-0.25, -0.2) is 8.78 Å². The molecule has 11 heavy (non-hydrogen) atoms. The molecule has 0 aliphatic heterocycles. The first-order chi connectivity index (χ1) is 5.07. The summed E-state index contributed by atoms with van der Waals surface area (Å²) in [6.07, 6.45) is 1.26. The minimum atomic E-state index is -1.81. The van der Waals surface area contributed by atoms with Crippen molar-refractivity contribution in [1.29, 1.82) is 0 Å². The lowest BCUT2D eigenvalue weighted by Gasteiger charge is -1.94. The Morgan fingerprint density at radius 2 is 2.00 bits per heavy atom. The molecule has 0 heterocycles. The van der Waals surface area contributed by atoms with E-state index in [4.69, 9.17) is 10.0 Å². The van der Waals surface area contributed by atoms with Gasteiger partial charge in [0.2, 0.25) is 0 Å². The maximum absolute atomic E-state index is 12.3. The standard InChI is InChI=1S/C6H7BF2O2/c1-5(7(10)11)4-6(9)2-3-8/h2-4,10-11H,1H2/b3-2+,6-4+. The first-order valence-electron chi connectivity index (χ1n) is 2.77. The van der Waals surface area contributed by atoms with Gasteiger partial charge in [-0.15, -0.1) is 0 Å². The van der Waals surface area contributed by atoms with Gasteiger partial charge in [0.25, 0.3) is 0 Å². The number of hydrogen-bond acceptors (Lipinski definition) is 2. The molecular weight excluding hydrogens is 153 g/mol. The van der Waals surface area contributed by atoms with Crippen LogP contribution in [0.5, 0.6) is 0 Å². The third-order valence-corrected chi connectivity index (χ3v) is 0.877. The molecule has 0 saturated carbocycles. The van der Waals surface area contributed by atoms with Crippen molar-refractivity contribution in [3.63, 3.8) is 0 Å². The molecule has 0 spiro atoms. The predicted molar refractivity (Wildman–Crippen MR) is 38.8 cm³/mol. The minimum Gasteiger partial charge on any atom is -0.423 e. The zero-order valence-electron chi connectivity index (χ0n) is 5.67. The molecule has 2 nitrogen and oxygen atoms in total. The van der Waals surface area contributed by atoms with Gasteiger partial charge in [0.05, 0.1) is 6.33 Å². The summed E-state index contributed by atoms with van der Waals surface area (Å²) < 4.78 is 23.5. The zero-order chi connectivity index (χ0) is 8.85. The van der Waals surface area contributed by atoms with Crippen molar-refractivity contribution in [2.24, 2.45) is 0 Å². The first-order valence-corrected chi connectivity index (χ1v) is 2.77. The topological polar surface area (TPSA) is 40.5 Å². The van der Waals surface area contributed by atoms with E-state index in [0.29, 0.717) is 6.08 Å². The van der Waals surface area contributed by atoms with Crippen molar-refractivity contribution in [2.75, 3.05) is 0 Å². The van der Waals surface area contributed by atoms with Crippen LogP contribution in [0.3, 0.4) is 0 Å². The molecule has 0 rings (SSSR count). The predicted octanol–water partition coefficient (Wildman–Crippen LogP) is 0.891. The van der Waals surface area contributed by atoms with Crippen LogP contribution >= 0.6 is 0 Å². The van der Waals surface area contributed by atoms with Crippen molar-refractivity contribution in [3.8, 4) is 0 Å². The summed E-state index contributed by atoms with van der Waals surface area (Å²) in [5.41, 5.74) is -0.236. The number of halogens is 2. The third kappa shape index (κ3) is 4.47. The van der Waals surface area contributed by atoms with E-state index in [0.717, 1.165) is 6.08 Å². The Balaban J connectivity index is 4.19. The highest BCUT2D eigenvalue weighted by molar-refractivity contribution is 6.51. The number of hydrogen-bond donors (Lipinski definition) is 2.